The first kappa shape index (κ1) is 28.1. The van der Waals surface area contributed by atoms with Crippen LogP contribution in [-0.4, -0.2) is 67.9 Å². The fourth-order valence-electron chi connectivity index (χ4n) is 0.521. The molecule has 0 aliphatic heterocycles. The Labute approximate surface area is 160 Å². The molecule has 0 saturated carbocycles. The van der Waals surface area contributed by atoms with Gasteiger partial charge in [-0.1, -0.05) is 19.8 Å². The number of aliphatic hydroxyl groups excluding tert-OH is 3. The van der Waals surface area contributed by atoms with Gasteiger partial charge in [-0.25, -0.2) is 14.4 Å². The normalized spacial score (nSPS) is 9.60. The summed E-state index contributed by atoms with van der Waals surface area (Å²) in [5.74, 6) is -3.50. The van der Waals surface area contributed by atoms with Crippen molar-refractivity contribution in [2.75, 3.05) is 13.2 Å². The van der Waals surface area contributed by atoms with Gasteiger partial charge in [-0.05, 0) is 6.42 Å². The molecular weight excluding hydrogens is 303 g/mol. The molecule has 0 fully saturated rings. The predicted octanol–water partition coefficient (Wildman–Crippen LogP) is -4.13. The molecule has 0 saturated heterocycles. The summed E-state index contributed by atoms with van der Waals surface area (Å²) in [5.41, 5.74) is 0. The van der Waals surface area contributed by atoms with Crippen LogP contribution in [0.2, 0.25) is 0 Å². The largest absolute Gasteiger partial charge is 1.00 e. The first-order valence-corrected chi connectivity index (χ1v) is 5.28. The summed E-state index contributed by atoms with van der Waals surface area (Å²) in [4.78, 5) is 28.2. The molecule has 1 atom stereocenters. The number of rotatable bonds is 6. The van der Waals surface area contributed by atoms with Crippen molar-refractivity contribution >= 4 is 17.9 Å². The van der Waals surface area contributed by atoms with Gasteiger partial charge in [0.1, 0.15) is 13.2 Å². The van der Waals surface area contributed by atoms with Crippen molar-refractivity contribution in [2.45, 2.75) is 32.3 Å². The number of carboxylic acid groups (broad SMARTS) is 3. The number of carbonyl (C=O) groups is 3. The summed E-state index contributed by atoms with van der Waals surface area (Å²) < 4.78 is 0. The topological polar surface area (TPSA) is 173 Å². The van der Waals surface area contributed by atoms with E-state index in [9.17, 15) is 4.79 Å². The summed E-state index contributed by atoms with van der Waals surface area (Å²) >= 11 is 0. The molecule has 6 N–H and O–H groups in total. The molecule has 0 spiro atoms. The minimum Gasteiger partial charge on any atom is -1.00 e. The number of carboxylic acids is 3. The quantitative estimate of drug-likeness (QED) is 0.265. The fourth-order valence-corrected chi connectivity index (χ4v) is 0.521. The van der Waals surface area contributed by atoms with Gasteiger partial charge in [-0.15, -0.1) is 0 Å². The molecule has 0 heterocycles. The second-order valence-corrected chi connectivity index (χ2v) is 3.10. The SMILES string of the molecule is CCCCC(O)C(=O)O.O=C(O)CO.O=C(O)CO.[H-].[K+]. The third-order valence-electron chi connectivity index (χ3n) is 1.39. The maximum atomic E-state index is 9.96. The average Bonchev–Trinajstić information content (AvgIpc) is 2.36. The van der Waals surface area contributed by atoms with Crippen molar-refractivity contribution in [3.05, 3.63) is 0 Å². The standard InChI is InChI=1S/C6H12O3.2C2H4O3.K.H/c1-2-3-4-5(7)6(8)9;2*3-1-2(4)5;;/h5,7H,2-4H2,1H3,(H,8,9);2*3H,1H2,(H,4,5);;/q;;;+1;-1. The smallest absolute Gasteiger partial charge is 1.00 e. The molecule has 1 unspecified atom stereocenters. The molecule has 0 aromatic rings. The fraction of sp³-hybridized carbons (Fsp3) is 0.700. The molecule has 0 rings (SSSR count). The minimum absolute atomic E-state index is 0. The van der Waals surface area contributed by atoms with Crippen LogP contribution in [0.1, 0.15) is 27.6 Å². The van der Waals surface area contributed by atoms with E-state index >= 15 is 0 Å². The van der Waals surface area contributed by atoms with Crippen LogP contribution in [0.5, 0.6) is 0 Å². The van der Waals surface area contributed by atoms with Crippen molar-refractivity contribution in [3.8, 4) is 0 Å². The second kappa shape index (κ2) is 21.2. The van der Waals surface area contributed by atoms with Crippen LogP contribution in [0.15, 0.2) is 0 Å². The zero-order chi connectivity index (χ0) is 15.8. The van der Waals surface area contributed by atoms with Crippen molar-refractivity contribution in [3.63, 3.8) is 0 Å². The van der Waals surface area contributed by atoms with Gasteiger partial charge in [0.05, 0.1) is 0 Å². The van der Waals surface area contributed by atoms with E-state index in [4.69, 9.17) is 40.2 Å². The third kappa shape index (κ3) is 36.1. The molecule has 116 valence electrons. The van der Waals surface area contributed by atoms with E-state index in [1.165, 1.54) is 0 Å². The molecule has 0 amide bonds. The van der Waals surface area contributed by atoms with Crippen molar-refractivity contribution in [1.29, 1.82) is 0 Å². The van der Waals surface area contributed by atoms with Crippen LogP contribution in [0.4, 0.5) is 0 Å². The Balaban J connectivity index is -0.0000000622. The van der Waals surface area contributed by atoms with E-state index in [0.717, 1.165) is 12.8 Å². The van der Waals surface area contributed by atoms with E-state index in [-0.39, 0.29) is 52.8 Å². The second-order valence-electron chi connectivity index (χ2n) is 3.10. The maximum Gasteiger partial charge on any atom is 1.00 e. The Bertz CT molecular complexity index is 249. The summed E-state index contributed by atoms with van der Waals surface area (Å²) in [7, 11) is 0. The van der Waals surface area contributed by atoms with Crippen molar-refractivity contribution < 1.29 is 97.8 Å². The Hall–Kier alpha value is -0.0736. The van der Waals surface area contributed by atoms with Crippen LogP contribution < -0.4 is 51.4 Å². The van der Waals surface area contributed by atoms with Gasteiger partial charge < -0.3 is 32.1 Å². The van der Waals surface area contributed by atoms with Gasteiger partial charge in [0.15, 0.2) is 6.10 Å². The van der Waals surface area contributed by atoms with Gasteiger partial charge in [-0.2, -0.15) is 0 Å². The zero-order valence-corrected chi connectivity index (χ0v) is 14.6. The molecule has 0 aliphatic rings. The predicted molar refractivity (Wildman–Crippen MR) is 63.7 cm³/mol. The number of hydrogen-bond acceptors (Lipinski definition) is 6. The molecule has 0 aromatic carbocycles. The first-order valence-electron chi connectivity index (χ1n) is 5.28. The van der Waals surface area contributed by atoms with Crippen LogP contribution in [0.25, 0.3) is 0 Å². The van der Waals surface area contributed by atoms with E-state index in [1.54, 1.807) is 0 Å². The summed E-state index contributed by atoms with van der Waals surface area (Å²) in [5, 5.41) is 46.8. The van der Waals surface area contributed by atoms with E-state index in [1.807, 2.05) is 6.92 Å². The van der Waals surface area contributed by atoms with Gasteiger partial charge >= 0.3 is 69.3 Å². The Morgan fingerprint density at radius 1 is 1.00 bits per heavy atom. The maximum absolute atomic E-state index is 9.96. The Morgan fingerprint density at radius 2 is 1.30 bits per heavy atom. The number of aliphatic hydroxyl groups is 3. The molecule has 0 aliphatic carbocycles. The minimum atomic E-state index is -1.19. The average molecular weight is 324 g/mol. The van der Waals surface area contributed by atoms with E-state index in [2.05, 4.69) is 0 Å². The number of unbranched alkanes of at least 4 members (excludes halogenated alkanes) is 1. The molecule has 20 heavy (non-hydrogen) atoms. The number of hydrogen-bond donors (Lipinski definition) is 6. The van der Waals surface area contributed by atoms with Gasteiger partial charge in [0.2, 0.25) is 0 Å². The summed E-state index contributed by atoms with van der Waals surface area (Å²) in [6.07, 6.45) is 0.897. The van der Waals surface area contributed by atoms with Gasteiger partial charge in [0.25, 0.3) is 0 Å². The third-order valence-corrected chi connectivity index (χ3v) is 1.39. The molecule has 9 nitrogen and oxygen atoms in total. The monoisotopic (exact) mass is 324 g/mol. The summed E-state index contributed by atoms with van der Waals surface area (Å²) in [6, 6.07) is 0. The van der Waals surface area contributed by atoms with Crippen LogP contribution in [-0.2, 0) is 14.4 Å². The van der Waals surface area contributed by atoms with E-state index in [0.29, 0.717) is 6.42 Å². The van der Waals surface area contributed by atoms with Crippen LogP contribution in [0.3, 0.4) is 0 Å². The van der Waals surface area contributed by atoms with Crippen LogP contribution in [0, 0.1) is 0 Å². The Morgan fingerprint density at radius 3 is 1.45 bits per heavy atom. The molecule has 0 radical (unpaired) electrons. The number of aliphatic carboxylic acids is 3. The Kier molecular flexibility index (Phi) is 29.9. The van der Waals surface area contributed by atoms with Gasteiger partial charge in [-0.3, -0.25) is 0 Å². The first-order chi connectivity index (χ1) is 8.72. The molecular formula is C10H21KO9. The molecule has 10 heteroatoms. The molecule has 0 bridgehead atoms. The summed E-state index contributed by atoms with van der Waals surface area (Å²) in [6.45, 7) is 0.397. The van der Waals surface area contributed by atoms with Crippen LogP contribution >= 0.6 is 0 Å². The van der Waals surface area contributed by atoms with Crippen molar-refractivity contribution in [1.82, 2.24) is 0 Å². The van der Waals surface area contributed by atoms with E-state index < -0.39 is 37.2 Å². The molecule has 0 aromatic heterocycles. The van der Waals surface area contributed by atoms with Crippen molar-refractivity contribution in [2.24, 2.45) is 0 Å². The van der Waals surface area contributed by atoms with Gasteiger partial charge in [0, 0.05) is 0 Å². The zero-order valence-electron chi connectivity index (χ0n) is 12.5.